The van der Waals surface area contributed by atoms with E-state index in [1.807, 2.05) is 48.7 Å². The van der Waals surface area contributed by atoms with E-state index in [4.69, 9.17) is 0 Å². The molecule has 3 aromatic rings. The van der Waals surface area contributed by atoms with Crippen LogP contribution in [0.25, 0.3) is 11.4 Å². The number of carbonyl (C=O) groups excluding carboxylic acids is 1. The molecule has 1 aliphatic rings. The first-order valence-corrected chi connectivity index (χ1v) is 11.2. The highest BCUT2D eigenvalue weighted by atomic mass is 32.2. The van der Waals surface area contributed by atoms with Gasteiger partial charge in [0.05, 0.1) is 23.9 Å². The Morgan fingerprint density at radius 3 is 2.45 bits per heavy atom. The van der Waals surface area contributed by atoms with Crippen molar-refractivity contribution in [2.75, 3.05) is 5.75 Å². The summed E-state index contributed by atoms with van der Waals surface area (Å²) < 4.78 is 16.3. The van der Waals surface area contributed by atoms with E-state index >= 15 is 0 Å². The van der Waals surface area contributed by atoms with Crippen molar-refractivity contribution in [2.24, 2.45) is 0 Å². The van der Waals surface area contributed by atoms with E-state index < -0.39 is 0 Å². The summed E-state index contributed by atoms with van der Waals surface area (Å²) in [6, 6.07) is 16.6. The average molecular weight is 441 g/mol. The minimum atomic E-state index is -0.359. The van der Waals surface area contributed by atoms with Crippen LogP contribution in [0.15, 0.2) is 59.8 Å². The van der Waals surface area contributed by atoms with E-state index in [0.717, 1.165) is 5.56 Å². The number of carbonyl (C=O) groups is 1. The van der Waals surface area contributed by atoms with Gasteiger partial charge in [-0.25, -0.2) is 4.39 Å². The summed E-state index contributed by atoms with van der Waals surface area (Å²) >= 11 is 1.30. The largest absolute Gasteiger partial charge is 0.349 e. The van der Waals surface area contributed by atoms with Gasteiger partial charge in [-0.05, 0) is 31.5 Å². The zero-order valence-electron chi connectivity index (χ0n) is 17.4. The smallest absolute Gasteiger partial charge is 0.230 e. The molecule has 0 bridgehead atoms. The molecule has 2 aromatic carbocycles. The molecular formula is C22H25FN6OS. The first kappa shape index (κ1) is 21.5. The maximum absolute atomic E-state index is 14.5. The van der Waals surface area contributed by atoms with Crippen LogP contribution in [0.3, 0.4) is 0 Å². The molecule has 1 amide bonds. The van der Waals surface area contributed by atoms with Gasteiger partial charge in [-0.3, -0.25) is 20.2 Å². The Morgan fingerprint density at radius 2 is 1.74 bits per heavy atom. The summed E-state index contributed by atoms with van der Waals surface area (Å²) in [5.41, 5.74) is 7.68. The zero-order valence-corrected chi connectivity index (χ0v) is 18.2. The maximum atomic E-state index is 14.5. The fourth-order valence-electron chi connectivity index (χ4n) is 3.63. The van der Waals surface area contributed by atoms with E-state index in [1.54, 1.807) is 18.2 Å². The molecule has 2 atom stereocenters. The quantitative estimate of drug-likeness (QED) is 0.490. The Bertz CT molecular complexity index is 1030. The van der Waals surface area contributed by atoms with E-state index in [1.165, 1.54) is 17.8 Å². The van der Waals surface area contributed by atoms with Crippen LogP contribution in [-0.2, 0) is 11.3 Å². The lowest BCUT2D eigenvalue weighted by Gasteiger charge is -2.19. The molecule has 1 fully saturated rings. The van der Waals surface area contributed by atoms with Gasteiger partial charge in [-0.1, -0.05) is 54.2 Å². The van der Waals surface area contributed by atoms with E-state index in [0.29, 0.717) is 23.1 Å². The molecule has 9 heteroatoms. The van der Waals surface area contributed by atoms with Crippen molar-refractivity contribution in [1.29, 1.82) is 0 Å². The summed E-state index contributed by atoms with van der Waals surface area (Å²) in [5.74, 6) is 0.194. The predicted octanol–water partition coefficient (Wildman–Crippen LogP) is 2.59. The van der Waals surface area contributed by atoms with Crippen molar-refractivity contribution >= 4 is 17.7 Å². The van der Waals surface area contributed by atoms with Crippen molar-refractivity contribution in [1.82, 2.24) is 30.9 Å². The van der Waals surface area contributed by atoms with Gasteiger partial charge in [0.25, 0.3) is 0 Å². The van der Waals surface area contributed by atoms with E-state index in [9.17, 15) is 9.18 Å². The standard InChI is InChI=1S/C22H25FN6OS/c1-14-20(15(2)26-25-14)24-19(30)13-31-22-28-27-21(17-10-6-7-11-18(17)23)29(22)12-16-8-4-3-5-9-16/h3-11,14-15,20,25-26H,12-13H2,1-2H3,(H,24,30). The van der Waals surface area contributed by atoms with Crippen LogP contribution in [0.5, 0.6) is 0 Å². The van der Waals surface area contributed by atoms with Crippen LogP contribution in [-0.4, -0.2) is 44.6 Å². The fraction of sp³-hybridized carbons (Fsp3) is 0.318. The maximum Gasteiger partial charge on any atom is 0.230 e. The molecule has 7 nitrogen and oxygen atoms in total. The van der Waals surface area contributed by atoms with Crippen LogP contribution >= 0.6 is 11.8 Å². The SMILES string of the molecule is CC1NNC(C)C1NC(=O)CSc1nnc(-c2ccccc2F)n1Cc1ccccc1. The number of thioether (sulfide) groups is 1. The lowest BCUT2D eigenvalue weighted by atomic mass is 10.1. The number of amides is 1. The van der Waals surface area contributed by atoms with Crippen molar-refractivity contribution in [2.45, 2.75) is 43.7 Å². The molecule has 0 radical (unpaired) electrons. The van der Waals surface area contributed by atoms with Gasteiger partial charge in [0.1, 0.15) is 5.82 Å². The fourth-order valence-corrected chi connectivity index (χ4v) is 4.38. The van der Waals surface area contributed by atoms with Gasteiger partial charge in [-0.15, -0.1) is 10.2 Å². The van der Waals surface area contributed by atoms with Crippen LogP contribution in [0, 0.1) is 5.82 Å². The number of nitrogens with zero attached hydrogens (tertiary/aromatic N) is 3. The molecule has 4 rings (SSSR count). The number of hydrogen-bond acceptors (Lipinski definition) is 6. The number of hydrogen-bond donors (Lipinski definition) is 3. The zero-order chi connectivity index (χ0) is 21.8. The molecule has 1 aromatic heterocycles. The second kappa shape index (κ2) is 9.59. The molecule has 1 saturated heterocycles. The van der Waals surface area contributed by atoms with Gasteiger partial charge >= 0.3 is 0 Å². The summed E-state index contributed by atoms with van der Waals surface area (Å²) in [7, 11) is 0. The van der Waals surface area contributed by atoms with Crippen molar-refractivity contribution in [3.63, 3.8) is 0 Å². The molecule has 1 aliphatic heterocycles. The highest BCUT2D eigenvalue weighted by Crippen LogP contribution is 2.27. The average Bonchev–Trinajstić information content (AvgIpc) is 3.31. The third-order valence-corrected chi connectivity index (χ3v) is 6.26. The molecule has 0 spiro atoms. The lowest BCUT2D eigenvalue weighted by molar-refractivity contribution is -0.119. The van der Waals surface area contributed by atoms with Crippen LogP contribution in [0.2, 0.25) is 0 Å². The van der Waals surface area contributed by atoms with Crippen molar-refractivity contribution in [3.05, 3.63) is 66.0 Å². The third-order valence-electron chi connectivity index (χ3n) is 5.29. The normalized spacial score (nSPS) is 20.7. The number of rotatable bonds is 7. The Kier molecular flexibility index (Phi) is 6.64. The van der Waals surface area contributed by atoms with Crippen LogP contribution in [0.1, 0.15) is 19.4 Å². The Labute approximate surface area is 184 Å². The second-order valence-electron chi connectivity index (χ2n) is 7.61. The third kappa shape index (κ3) is 4.95. The summed E-state index contributed by atoms with van der Waals surface area (Å²) in [5, 5.41) is 12.2. The predicted molar refractivity (Wildman–Crippen MR) is 119 cm³/mol. The van der Waals surface area contributed by atoms with Gasteiger partial charge in [-0.2, -0.15) is 0 Å². The highest BCUT2D eigenvalue weighted by molar-refractivity contribution is 7.99. The topological polar surface area (TPSA) is 83.9 Å². The Morgan fingerprint density at radius 1 is 1.06 bits per heavy atom. The summed E-state index contributed by atoms with van der Waals surface area (Å²) in [4.78, 5) is 12.6. The first-order valence-electron chi connectivity index (χ1n) is 10.2. The molecule has 162 valence electrons. The first-order chi connectivity index (χ1) is 15.0. The van der Waals surface area contributed by atoms with Crippen molar-refractivity contribution < 1.29 is 9.18 Å². The van der Waals surface area contributed by atoms with E-state index in [2.05, 4.69) is 26.4 Å². The lowest BCUT2D eigenvalue weighted by Crippen LogP contribution is -2.47. The van der Waals surface area contributed by atoms with Crippen molar-refractivity contribution in [3.8, 4) is 11.4 Å². The van der Waals surface area contributed by atoms with Gasteiger partial charge in [0.2, 0.25) is 5.91 Å². The number of benzene rings is 2. The minimum Gasteiger partial charge on any atom is -0.349 e. The van der Waals surface area contributed by atoms with Gasteiger partial charge in [0, 0.05) is 12.1 Å². The van der Waals surface area contributed by atoms with Gasteiger partial charge in [0.15, 0.2) is 11.0 Å². The molecule has 31 heavy (non-hydrogen) atoms. The van der Waals surface area contributed by atoms with Crippen LogP contribution < -0.4 is 16.2 Å². The minimum absolute atomic E-state index is 0.00395. The second-order valence-corrected chi connectivity index (χ2v) is 8.55. The number of nitrogens with one attached hydrogen (secondary N) is 3. The molecule has 3 N–H and O–H groups in total. The van der Waals surface area contributed by atoms with Crippen LogP contribution in [0.4, 0.5) is 4.39 Å². The molecule has 2 unspecified atom stereocenters. The number of halogens is 1. The number of hydrazine groups is 1. The monoisotopic (exact) mass is 440 g/mol. The molecular weight excluding hydrogens is 415 g/mol. The number of aromatic nitrogens is 3. The Balaban J connectivity index is 1.54. The summed E-state index contributed by atoms with van der Waals surface area (Å²) in [6.07, 6.45) is 0. The highest BCUT2D eigenvalue weighted by Gasteiger charge is 2.31. The Hall–Kier alpha value is -2.75. The van der Waals surface area contributed by atoms with E-state index in [-0.39, 0.29) is 35.6 Å². The molecule has 0 saturated carbocycles. The molecule has 2 heterocycles. The molecule has 0 aliphatic carbocycles. The summed E-state index contributed by atoms with van der Waals surface area (Å²) in [6.45, 7) is 4.52. The van der Waals surface area contributed by atoms with Gasteiger partial charge < -0.3 is 5.32 Å².